The first-order valence-electron chi connectivity index (χ1n) is 11.2. The molecule has 2 atom stereocenters. The highest BCUT2D eigenvalue weighted by molar-refractivity contribution is 6.30. The molecule has 8 heteroatoms. The van der Waals surface area contributed by atoms with E-state index in [4.69, 9.17) is 11.6 Å². The average molecular weight is 491 g/mol. The molecule has 1 heterocycles. The molecular weight excluding hydrogens is 465 g/mol. The lowest BCUT2D eigenvalue weighted by Crippen LogP contribution is -2.36. The number of rotatable bonds is 6. The highest BCUT2D eigenvalue weighted by Crippen LogP contribution is 2.38. The summed E-state index contributed by atoms with van der Waals surface area (Å²) in [6.07, 6.45) is -2.85. The van der Waals surface area contributed by atoms with Gasteiger partial charge in [0.05, 0.1) is 6.10 Å². The molecular formula is C26H26ClF3N2O2. The molecule has 2 aromatic carbocycles. The van der Waals surface area contributed by atoms with Gasteiger partial charge in [-0.05, 0) is 42.2 Å². The number of amides is 1. The molecule has 0 spiro atoms. The Hall–Kier alpha value is -2.77. The zero-order valence-electron chi connectivity index (χ0n) is 18.7. The highest BCUT2D eigenvalue weighted by Gasteiger charge is 2.39. The van der Waals surface area contributed by atoms with Gasteiger partial charge >= 0.3 is 6.18 Å². The fourth-order valence-electron chi connectivity index (χ4n) is 4.64. The van der Waals surface area contributed by atoms with Crippen molar-refractivity contribution in [3.8, 4) is 11.1 Å². The second-order valence-corrected chi connectivity index (χ2v) is 9.25. The van der Waals surface area contributed by atoms with Gasteiger partial charge < -0.3 is 14.6 Å². The van der Waals surface area contributed by atoms with E-state index in [1.807, 2.05) is 0 Å². The van der Waals surface area contributed by atoms with E-state index in [2.05, 4.69) is 0 Å². The van der Waals surface area contributed by atoms with E-state index in [0.29, 0.717) is 22.6 Å². The minimum atomic E-state index is -4.66. The van der Waals surface area contributed by atoms with E-state index in [1.165, 1.54) is 4.90 Å². The van der Waals surface area contributed by atoms with Crippen LogP contribution in [0.2, 0.25) is 5.02 Å². The number of hydrogen-bond acceptors (Lipinski definition) is 2. The van der Waals surface area contributed by atoms with Crippen LogP contribution in [0.1, 0.15) is 41.0 Å². The molecule has 4 rings (SSSR count). The first-order chi connectivity index (χ1) is 16.1. The van der Waals surface area contributed by atoms with Crippen LogP contribution in [0.4, 0.5) is 13.2 Å². The van der Waals surface area contributed by atoms with E-state index >= 15 is 0 Å². The van der Waals surface area contributed by atoms with Crippen LogP contribution in [0.15, 0.2) is 60.7 Å². The number of benzene rings is 2. The van der Waals surface area contributed by atoms with Crippen molar-refractivity contribution in [2.45, 2.75) is 38.1 Å². The van der Waals surface area contributed by atoms with Crippen LogP contribution >= 0.6 is 11.6 Å². The Balaban J connectivity index is 1.84. The van der Waals surface area contributed by atoms with Crippen molar-refractivity contribution in [3.63, 3.8) is 0 Å². The molecule has 0 bridgehead atoms. The summed E-state index contributed by atoms with van der Waals surface area (Å²) >= 11 is 5.99. The van der Waals surface area contributed by atoms with Crippen molar-refractivity contribution in [1.82, 2.24) is 9.47 Å². The second-order valence-electron chi connectivity index (χ2n) is 8.81. The fourth-order valence-corrected chi connectivity index (χ4v) is 4.77. The smallest absolute Gasteiger partial charge is 0.393 e. The number of aromatic nitrogens is 1. The Bertz CT molecular complexity index is 1140. The molecule has 0 radical (unpaired) electrons. The lowest BCUT2D eigenvalue weighted by Gasteiger charge is -2.25. The molecule has 1 fully saturated rings. The Morgan fingerprint density at radius 2 is 1.79 bits per heavy atom. The van der Waals surface area contributed by atoms with Gasteiger partial charge in [0, 0.05) is 36.6 Å². The third kappa shape index (κ3) is 5.15. The molecule has 4 nitrogen and oxygen atoms in total. The van der Waals surface area contributed by atoms with Crippen molar-refractivity contribution < 1.29 is 23.1 Å². The van der Waals surface area contributed by atoms with Crippen LogP contribution in [0.25, 0.3) is 11.1 Å². The number of carbonyl (C=O) groups is 1. The molecule has 3 aromatic rings. The number of alkyl halides is 3. The molecule has 1 amide bonds. The third-order valence-electron chi connectivity index (χ3n) is 6.40. The average Bonchev–Trinajstić information content (AvgIpc) is 3.38. The molecule has 34 heavy (non-hydrogen) atoms. The van der Waals surface area contributed by atoms with E-state index in [1.54, 1.807) is 61.6 Å². The van der Waals surface area contributed by atoms with Gasteiger partial charge in [0.1, 0.15) is 11.4 Å². The van der Waals surface area contributed by atoms with Gasteiger partial charge in [0.15, 0.2) is 0 Å². The summed E-state index contributed by atoms with van der Waals surface area (Å²) in [6, 6.07) is 16.2. The zero-order chi connectivity index (χ0) is 24.5. The van der Waals surface area contributed by atoms with Gasteiger partial charge in [-0.2, -0.15) is 13.2 Å². The lowest BCUT2D eigenvalue weighted by molar-refractivity contribution is -0.143. The Morgan fingerprint density at radius 1 is 1.12 bits per heavy atom. The van der Waals surface area contributed by atoms with Crippen LogP contribution < -0.4 is 0 Å². The Kier molecular flexibility index (Phi) is 7.05. The number of aliphatic hydroxyl groups is 1. The molecule has 1 aliphatic carbocycles. The summed E-state index contributed by atoms with van der Waals surface area (Å²) in [4.78, 5) is 15.1. The maximum atomic E-state index is 14.2. The summed E-state index contributed by atoms with van der Waals surface area (Å²) in [5.41, 5.74) is 0.393. The maximum absolute atomic E-state index is 14.2. The SMILES string of the molecule is CN(CC1CCCC1O)C(=O)c1c(-c2ccc(Cl)cc2)cc(C(F)(F)F)n1Cc1ccccc1. The fraction of sp³-hybridized carbons (Fsp3) is 0.346. The summed E-state index contributed by atoms with van der Waals surface area (Å²) in [6.45, 7) is 0.169. The van der Waals surface area contributed by atoms with Crippen LogP contribution in [-0.4, -0.2) is 40.2 Å². The standard InChI is InChI=1S/C26H26ClF3N2O2/c1-31(16-19-8-5-9-22(19)33)25(34)24-21(18-10-12-20(27)13-11-18)14-23(26(28,29)30)32(24)15-17-6-3-2-4-7-17/h2-4,6-7,10-14,19,22,33H,5,8-9,15-16H2,1H3. The van der Waals surface area contributed by atoms with Crippen molar-refractivity contribution >= 4 is 17.5 Å². The highest BCUT2D eigenvalue weighted by atomic mass is 35.5. The zero-order valence-corrected chi connectivity index (χ0v) is 19.5. The van der Waals surface area contributed by atoms with Crippen molar-refractivity contribution in [1.29, 1.82) is 0 Å². The molecule has 1 saturated carbocycles. The monoisotopic (exact) mass is 490 g/mol. The van der Waals surface area contributed by atoms with Crippen molar-refractivity contribution in [2.24, 2.45) is 5.92 Å². The molecule has 1 N–H and O–H groups in total. The first-order valence-corrected chi connectivity index (χ1v) is 11.6. The second kappa shape index (κ2) is 9.84. The van der Waals surface area contributed by atoms with Crippen molar-refractivity contribution in [2.75, 3.05) is 13.6 Å². The van der Waals surface area contributed by atoms with Gasteiger partial charge in [-0.25, -0.2) is 0 Å². The van der Waals surface area contributed by atoms with Crippen LogP contribution in [0.5, 0.6) is 0 Å². The number of aliphatic hydroxyl groups excluding tert-OH is 1. The number of halogens is 4. The molecule has 2 unspecified atom stereocenters. The van der Waals surface area contributed by atoms with Gasteiger partial charge in [0.2, 0.25) is 0 Å². The van der Waals surface area contributed by atoms with Crippen LogP contribution in [0, 0.1) is 5.92 Å². The van der Waals surface area contributed by atoms with Crippen molar-refractivity contribution in [3.05, 3.63) is 82.6 Å². The normalized spacial score (nSPS) is 18.3. The summed E-state index contributed by atoms with van der Waals surface area (Å²) < 4.78 is 43.6. The number of carbonyl (C=O) groups excluding carboxylic acids is 1. The largest absolute Gasteiger partial charge is 0.431 e. The van der Waals surface area contributed by atoms with E-state index < -0.39 is 23.9 Å². The first kappa shape index (κ1) is 24.4. The molecule has 1 aliphatic rings. The molecule has 0 aliphatic heterocycles. The van der Waals surface area contributed by atoms with Gasteiger partial charge in [-0.1, -0.05) is 60.5 Å². The summed E-state index contributed by atoms with van der Waals surface area (Å²) in [7, 11) is 1.58. The van der Waals surface area contributed by atoms with Gasteiger partial charge in [-0.15, -0.1) is 0 Å². The molecule has 0 saturated heterocycles. The summed E-state index contributed by atoms with van der Waals surface area (Å²) in [5, 5.41) is 10.7. The minimum absolute atomic E-state index is 0.0338. The number of nitrogens with zero attached hydrogens (tertiary/aromatic N) is 2. The lowest BCUT2D eigenvalue weighted by atomic mass is 10.0. The Labute approximate surface area is 201 Å². The van der Waals surface area contributed by atoms with Gasteiger partial charge in [0.25, 0.3) is 5.91 Å². The van der Waals surface area contributed by atoms with E-state index in [0.717, 1.165) is 23.5 Å². The van der Waals surface area contributed by atoms with Crippen LogP contribution in [-0.2, 0) is 12.7 Å². The van der Waals surface area contributed by atoms with E-state index in [-0.39, 0.29) is 30.3 Å². The quantitative estimate of drug-likeness (QED) is 0.453. The van der Waals surface area contributed by atoms with Crippen LogP contribution in [0.3, 0.4) is 0 Å². The molecule has 180 valence electrons. The topological polar surface area (TPSA) is 45.5 Å². The maximum Gasteiger partial charge on any atom is 0.431 e. The predicted molar refractivity (Wildman–Crippen MR) is 126 cm³/mol. The third-order valence-corrected chi connectivity index (χ3v) is 6.65. The van der Waals surface area contributed by atoms with Gasteiger partial charge in [-0.3, -0.25) is 4.79 Å². The summed E-state index contributed by atoms with van der Waals surface area (Å²) in [5.74, 6) is -0.608. The number of hydrogen-bond donors (Lipinski definition) is 1. The Morgan fingerprint density at radius 3 is 2.38 bits per heavy atom. The van der Waals surface area contributed by atoms with E-state index in [9.17, 15) is 23.1 Å². The minimum Gasteiger partial charge on any atom is -0.393 e. The molecule has 1 aromatic heterocycles. The predicted octanol–water partition coefficient (Wildman–Crippen LogP) is 6.11.